The Morgan fingerprint density at radius 2 is 1.53 bits per heavy atom. The third-order valence-corrected chi connectivity index (χ3v) is 10.8. The molecule has 4 bridgehead atoms. The molecule has 43 heavy (non-hydrogen) atoms. The first-order valence-electron chi connectivity index (χ1n) is 16.6. The van der Waals surface area contributed by atoms with Gasteiger partial charge in [0.1, 0.15) is 5.75 Å². The normalized spacial score (nSPS) is 26.5. The van der Waals surface area contributed by atoms with Crippen molar-refractivity contribution in [2.75, 3.05) is 51.3 Å². The van der Waals surface area contributed by atoms with Crippen LogP contribution in [0.4, 0.5) is 5.69 Å². The maximum atomic E-state index is 13.5. The van der Waals surface area contributed by atoms with E-state index >= 15 is 0 Å². The first-order chi connectivity index (χ1) is 21.0. The van der Waals surface area contributed by atoms with E-state index in [9.17, 15) is 4.79 Å². The number of amides is 1. The molecule has 4 saturated carbocycles. The second-order valence-electron chi connectivity index (χ2n) is 14.0. The molecule has 5 aliphatic rings. The Balaban J connectivity index is 0.943. The Morgan fingerprint density at radius 3 is 2.21 bits per heavy atom. The Morgan fingerprint density at radius 1 is 0.860 bits per heavy atom. The Hall–Kier alpha value is -3.31. The number of rotatable bonds is 9. The van der Waals surface area contributed by atoms with Gasteiger partial charge in [-0.05, 0) is 122 Å². The summed E-state index contributed by atoms with van der Waals surface area (Å²) in [5, 5.41) is 0. The second-order valence-corrected chi connectivity index (χ2v) is 14.0. The van der Waals surface area contributed by atoms with Gasteiger partial charge >= 0.3 is 0 Å². The zero-order chi connectivity index (χ0) is 29.4. The first kappa shape index (κ1) is 28.5. The lowest BCUT2D eigenvalue weighted by atomic mass is 9.49. The van der Waals surface area contributed by atoms with E-state index < -0.39 is 0 Å². The average Bonchev–Trinajstić information content (AvgIpc) is 3.01. The number of benzene rings is 3. The standard InChI is InChI=1S/C38H47N3O2/c1-3-43-35-9-6-8-32(22-35)36-10-5-4-7-33(36)26-40-15-17-41(18-16-40)34-13-11-31(12-14-34)37(42)39(2)27-38-23-28-19-29(24-38)21-30(20-28)25-38/h4-14,22,28-30H,3,15-21,23-27H2,1-2H3. The van der Waals surface area contributed by atoms with E-state index in [0.717, 1.165) is 68.3 Å². The molecule has 5 heteroatoms. The summed E-state index contributed by atoms with van der Waals surface area (Å²) in [5.74, 6) is 3.86. The second kappa shape index (κ2) is 12.0. The number of hydrogen-bond acceptors (Lipinski definition) is 4. The predicted molar refractivity (Wildman–Crippen MR) is 175 cm³/mol. The molecule has 1 heterocycles. The van der Waals surface area contributed by atoms with Gasteiger partial charge in [-0.1, -0.05) is 36.4 Å². The summed E-state index contributed by atoms with van der Waals surface area (Å²) in [6, 6.07) is 25.6. The van der Waals surface area contributed by atoms with Gasteiger partial charge in [0.05, 0.1) is 6.61 Å². The van der Waals surface area contributed by atoms with Crippen LogP contribution in [0.15, 0.2) is 72.8 Å². The summed E-state index contributed by atoms with van der Waals surface area (Å²) in [6.07, 6.45) is 8.37. The molecule has 226 valence electrons. The minimum atomic E-state index is 0.178. The molecule has 1 aliphatic heterocycles. The summed E-state index contributed by atoms with van der Waals surface area (Å²) < 4.78 is 5.76. The third-order valence-electron chi connectivity index (χ3n) is 10.8. The number of carbonyl (C=O) groups excluding carboxylic acids is 1. The van der Waals surface area contributed by atoms with Crippen molar-refractivity contribution in [3.63, 3.8) is 0 Å². The molecule has 0 N–H and O–H groups in total. The van der Waals surface area contributed by atoms with Gasteiger partial charge < -0.3 is 14.5 Å². The van der Waals surface area contributed by atoms with Crippen molar-refractivity contribution in [1.29, 1.82) is 0 Å². The van der Waals surface area contributed by atoms with Gasteiger partial charge in [-0.3, -0.25) is 9.69 Å². The highest BCUT2D eigenvalue weighted by atomic mass is 16.5. The number of nitrogens with zero attached hydrogens (tertiary/aromatic N) is 3. The average molecular weight is 578 g/mol. The number of carbonyl (C=O) groups is 1. The van der Waals surface area contributed by atoms with Gasteiger partial charge in [0.25, 0.3) is 5.91 Å². The van der Waals surface area contributed by atoms with Gasteiger partial charge in [0.2, 0.25) is 0 Å². The zero-order valence-corrected chi connectivity index (χ0v) is 26.0. The van der Waals surface area contributed by atoms with Gasteiger partial charge in [-0.15, -0.1) is 0 Å². The first-order valence-corrected chi connectivity index (χ1v) is 16.6. The number of hydrogen-bond donors (Lipinski definition) is 0. The van der Waals surface area contributed by atoms with Gasteiger partial charge in [-0.25, -0.2) is 0 Å². The summed E-state index contributed by atoms with van der Waals surface area (Å²) >= 11 is 0. The molecule has 0 spiro atoms. The highest BCUT2D eigenvalue weighted by Gasteiger charge is 2.51. The van der Waals surface area contributed by atoms with Crippen molar-refractivity contribution in [2.45, 2.75) is 52.0 Å². The molecule has 3 aromatic carbocycles. The lowest BCUT2D eigenvalue weighted by molar-refractivity contribution is -0.0629. The SMILES string of the molecule is CCOc1cccc(-c2ccccc2CN2CCN(c3ccc(C(=O)N(C)CC45CC6CC(CC(C6)C4)C5)cc3)CC2)c1. The van der Waals surface area contributed by atoms with Crippen LogP contribution in [0, 0.1) is 23.2 Å². The van der Waals surface area contributed by atoms with Crippen molar-refractivity contribution >= 4 is 11.6 Å². The van der Waals surface area contributed by atoms with Crippen LogP contribution in [0.2, 0.25) is 0 Å². The van der Waals surface area contributed by atoms with Crippen LogP contribution in [-0.4, -0.2) is 62.1 Å². The van der Waals surface area contributed by atoms with E-state index in [0.29, 0.717) is 12.0 Å². The van der Waals surface area contributed by atoms with E-state index in [1.165, 1.54) is 60.9 Å². The summed E-state index contributed by atoms with van der Waals surface area (Å²) in [4.78, 5) is 20.5. The molecule has 3 aromatic rings. The van der Waals surface area contributed by atoms with Gasteiger partial charge in [-0.2, -0.15) is 0 Å². The monoisotopic (exact) mass is 577 g/mol. The topological polar surface area (TPSA) is 36.0 Å². The maximum absolute atomic E-state index is 13.5. The van der Waals surface area contributed by atoms with E-state index in [-0.39, 0.29) is 5.91 Å². The van der Waals surface area contributed by atoms with E-state index in [1.54, 1.807) is 0 Å². The largest absolute Gasteiger partial charge is 0.494 e. The van der Waals surface area contributed by atoms with Gasteiger partial charge in [0.15, 0.2) is 0 Å². The van der Waals surface area contributed by atoms with Crippen LogP contribution in [-0.2, 0) is 6.54 Å². The summed E-state index contributed by atoms with van der Waals surface area (Å²) in [5.41, 5.74) is 6.25. The minimum Gasteiger partial charge on any atom is -0.494 e. The summed E-state index contributed by atoms with van der Waals surface area (Å²) in [7, 11) is 2.03. The lowest BCUT2D eigenvalue weighted by Crippen LogP contribution is -2.51. The van der Waals surface area contributed by atoms with Crippen LogP contribution in [0.25, 0.3) is 11.1 Å². The molecule has 5 fully saturated rings. The van der Waals surface area contributed by atoms with Crippen molar-refractivity contribution in [2.24, 2.45) is 23.2 Å². The van der Waals surface area contributed by atoms with E-state index in [2.05, 4.69) is 64.4 Å². The highest BCUT2D eigenvalue weighted by molar-refractivity contribution is 5.94. The van der Waals surface area contributed by atoms with Crippen molar-refractivity contribution in [1.82, 2.24) is 9.80 Å². The molecule has 0 unspecified atom stereocenters. The molecule has 5 nitrogen and oxygen atoms in total. The molecular weight excluding hydrogens is 530 g/mol. The van der Waals surface area contributed by atoms with Crippen LogP contribution in [0.5, 0.6) is 5.75 Å². The Labute approximate surface area is 257 Å². The smallest absolute Gasteiger partial charge is 0.253 e. The van der Waals surface area contributed by atoms with Crippen molar-refractivity contribution in [3.05, 3.63) is 83.9 Å². The number of ether oxygens (including phenoxy) is 1. The molecule has 0 atom stereocenters. The number of piperazine rings is 1. The quantitative estimate of drug-likeness (QED) is 0.266. The Bertz CT molecular complexity index is 1390. The van der Waals surface area contributed by atoms with Crippen LogP contribution in [0.3, 0.4) is 0 Å². The fourth-order valence-electron chi connectivity index (χ4n) is 9.36. The third kappa shape index (κ3) is 6.06. The van der Waals surface area contributed by atoms with Gasteiger partial charge in [0, 0.05) is 57.6 Å². The number of anilines is 1. The molecule has 0 aromatic heterocycles. The fraction of sp³-hybridized carbons (Fsp3) is 0.500. The van der Waals surface area contributed by atoms with E-state index in [1.807, 2.05) is 37.1 Å². The molecule has 1 saturated heterocycles. The molecular formula is C38H47N3O2. The molecule has 4 aliphatic carbocycles. The van der Waals surface area contributed by atoms with Crippen LogP contribution < -0.4 is 9.64 Å². The molecule has 1 amide bonds. The maximum Gasteiger partial charge on any atom is 0.253 e. The Kier molecular flexibility index (Phi) is 7.94. The van der Waals surface area contributed by atoms with Crippen molar-refractivity contribution in [3.8, 4) is 16.9 Å². The highest BCUT2D eigenvalue weighted by Crippen LogP contribution is 2.60. The molecule has 0 radical (unpaired) electrons. The summed E-state index contributed by atoms with van der Waals surface area (Å²) in [6.45, 7) is 8.57. The fourth-order valence-corrected chi connectivity index (χ4v) is 9.36. The predicted octanol–water partition coefficient (Wildman–Crippen LogP) is 7.36. The molecule has 8 rings (SSSR count). The zero-order valence-electron chi connectivity index (χ0n) is 26.0. The van der Waals surface area contributed by atoms with Crippen LogP contribution in [0.1, 0.15) is 61.4 Å². The van der Waals surface area contributed by atoms with Crippen molar-refractivity contribution < 1.29 is 9.53 Å². The minimum absolute atomic E-state index is 0.178. The van der Waals surface area contributed by atoms with E-state index in [4.69, 9.17) is 4.74 Å². The lowest BCUT2D eigenvalue weighted by Gasteiger charge is -2.57. The van der Waals surface area contributed by atoms with Crippen LogP contribution >= 0.6 is 0 Å².